The van der Waals surface area contributed by atoms with E-state index in [9.17, 15) is 9.59 Å². The Morgan fingerprint density at radius 3 is 1.37 bits per heavy atom. The van der Waals surface area contributed by atoms with E-state index in [0.29, 0.717) is 26.4 Å². The number of aliphatic hydroxyl groups is 2. The average molecular weight is 282 g/mol. The van der Waals surface area contributed by atoms with E-state index < -0.39 is 11.9 Å². The molecule has 19 heavy (non-hydrogen) atoms. The molecule has 0 aromatic carbocycles. The zero-order valence-electron chi connectivity index (χ0n) is 10.8. The second kappa shape index (κ2) is 16.8. The molecule has 114 valence electrons. The van der Waals surface area contributed by atoms with Crippen molar-refractivity contribution in [1.29, 1.82) is 0 Å². The predicted molar refractivity (Wildman–Crippen MR) is 64.9 cm³/mol. The molecule has 0 aliphatic heterocycles. The standard InChI is InChI=1S/C6H14O4.C5H8O4/c7-1-3-9-5-6-10-4-2-8;6-4(7)2-1-3-5(8)9/h7-8H,1-6H2;1-3H2,(H,6,7)(H,8,9). The summed E-state index contributed by atoms with van der Waals surface area (Å²) in [5, 5.41) is 32.6. The third-order valence-electron chi connectivity index (χ3n) is 1.62. The molecule has 0 aromatic rings. The van der Waals surface area contributed by atoms with Crippen LogP contribution in [0.1, 0.15) is 19.3 Å². The second-order valence-corrected chi connectivity index (χ2v) is 3.31. The molecule has 0 aromatic heterocycles. The lowest BCUT2D eigenvalue weighted by Gasteiger charge is -2.01. The van der Waals surface area contributed by atoms with Gasteiger partial charge in [-0.2, -0.15) is 0 Å². The number of carbonyl (C=O) groups is 2. The summed E-state index contributed by atoms with van der Waals surface area (Å²) in [5.74, 6) is -1.90. The molecule has 0 heterocycles. The molecule has 0 spiro atoms. The average Bonchev–Trinajstić information content (AvgIpc) is 2.33. The van der Waals surface area contributed by atoms with Crippen molar-refractivity contribution in [2.75, 3.05) is 39.6 Å². The molecule has 0 aliphatic rings. The Hall–Kier alpha value is -1.22. The van der Waals surface area contributed by atoms with E-state index in [1.54, 1.807) is 0 Å². The molecule has 0 atom stereocenters. The fourth-order valence-electron chi connectivity index (χ4n) is 0.842. The van der Waals surface area contributed by atoms with E-state index in [2.05, 4.69) is 0 Å². The van der Waals surface area contributed by atoms with Crippen molar-refractivity contribution in [2.45, 2.75) is 19.3 Å². The van der Waals surface area contributed by atoms with E-state index in [0.717, 1.165) is 0 Å². The Bertz CT molecular complexity index is 197. The number of carboxylic acids is 2. The summed E-state index contributed by atoms with van der Waals surface area (Å²) in [6.07, 6.45) is 0.0866. The van der Waals surface area contributed by atoms with Gasteiger partial charge in [0.05, 0.1) is 39.6 Å². The zero-order chi connectivity index (χ0) is 14.9. The van der Waals surface area contributed by atoms with Crippen LogP contribution in [-0.4, -0.2) is 72.0 Å². The maximum atomic E-state index is 9.79. The van der Waals surface area contributed by atoms with Crippen LogP contribution in [0.2, 0.25) is 0 Å². The van der Waals surface area contributed by atoms with Crippen LogP contribution in [0, 0.1) is 0 Å². The molecule has 8 nitrogen and oxygen atoms in total. The van der Waals surface area contributed by atoms with Gasteiger partial charge in [0.1, 0.15) is 0 Å². The molecule has 0 bridgehead atoms. The molecular formula is C11H22O8. The molecular weight excluding hydrogens is 260 g/mol. The highest BCUT2D eigenvalue weighted by Gasteiger charge is 1.99. The van der Waals surface area contributed by atoms with Gasteiger partial charge in [0.25, 0.3) is 0 Å². The van der Waals surface area contributed by atoms with Crippen LogP contribution in [0.4, 0.5) is 0 Å². The van der Waals surface area contributed by atoms with Gasteiger partial charge in [-0.15, -0.1) is 0 Å². The van der Waals surface area contributed by atoms with Crippen LogP contribution >= 0.6 is 0 Å². The van der Waals surface area contributed by atoms with E-state index >= 15 is 0 Å². The minimum atomic E-state index is -0.948. The van der Waals surface area contributed by atoms with Crippen molar-refractivity contribution >= 4 is 11.9 Å². The van der Waals surface area contributed by atoms with Crippen LogP contribution in [0.25, 0.3) is 0 Å². The maximum absolute atomic E-state index is 9.79. The summed E-state index contributed by atoms with van der Waals surface area (Å²) < 4.78 is 9.75. The molecule has 0 aliphatic carbocycles. The summed E-state index contributed by atoms with van der Waals surface area (Å²) in [6.45, 7) is 1.73. The fourth-order valence-corrected chi connectivity index (χ4v) is 0.842. The normalized spacial score (nSPS) is 9.58. The first-order valence-electron chi connectivity index (χ1n) is 5.85. The first-order chi connectivity index (χ1) is 9.04. The van der Waals surface area contributed by atoms with Gasteiger partial charge in [-0.25, -0.2) is 0 Å². The SMILES string of the molecule is O=C(O)CCCC(=O)O.OCCOCCOCCO. The van der Waals surface area contributed by atoms with Crippen LogP contribution in [0.15, 0.2) is 0 Å². The number of ether oxygens (including phenoxy) is 2. The van der Waals surface area contributed by atoms with E-state index in [1.165, 1.54) is 0 Å². The molecule has 0 unspecified atom stereocenters. The van der Waals surface area contributed by atoms with Crippen molar-refractivity contribution < 1.29 is 39.5 Å². The zero-order valence-corrected chi connectivity index (χ0v) is 10.8. The molecule has 0 amide bonds. The Balaban J connectivity index is 0. The lowest BCUT2D eigenvalue weighted by Crippen LogP contribution is -2.09. The third kappa shape index (κ3) is 26.4. The molecule has 0 saturated carbocycles. The Morgan fingerprint density at radius 1 is 0.737 bits per heavy atom. The highest BCUT2D eigenvalue weighted by molar-refractivity contribution is 5.69. The number of carboxylic acid groups (broad SMARTS) is 2. The third-order valence-corrected chi connectivity index (χ3v) is 1.62. The monoisotopic (exact) mass is 282 g/mol. The molecule has 8 heteroatoms. The highest BCUT2D eigenvalue weighted by atomic mass is 16.5. The number of rotatable bonds is 11. The van der Waals surface area contributed by atoms with E-state index in [4.69, 9.17) is 29.9 Å². The minimum Gasteiger partial charge on any atom is -0.481 e. The van der Waals surface area contributed by atoms with E-state index in [1.807, 2.05) is 0 Å². The van der Waals surface area contributed by atoms with Crippen molar-refractivity contribution in [3.8, 4) is 0 Å². The maximum Gasteiger partial charge on any atom is 0.303 e. The number of aliphatic carboxylic acids is 2. The Kier molecular flexibility index (Phi) is 17.8. The van der Waals surface area contributed by atoms with Gasteiger partial charge in [-0.05, 0) is 6.42 Å². The topological polar surface area (TPSA) is 134 Å². The largest absolute Gasteiger partial charge is 0.481 e. The quantitative estimate of drug-likeness (QED) is 0.367. The molecule has 0 fully saturated rings. The smallest absolute Gasteiger partial charge is 0.303 e. The summed E-state index contributed by atoms with van der Waals surface area (Å²) in [4.78, 5) is 19.6. The van der Waals surface area contributed by atoms with Crippen LogP contribution in [-0.2, 0) is 19.1 Å². The Labute approximate surface area is 111 Å². The van der Waals surface area contributed by atoms with Crippen molar-refractivity contribution in [3.05, 3.63) is 0 Å². The molecule has 0 rings (SSSR count). The second-order valence-electron chi connectivity index (χ2n) is 3.31. The lowest BCUT2D eigenvalue weighted by atomic mass is 10.2. The van der Waals surface area contributed by atoms with Crippen LogP contribution in [0.3, 0.4) is 0 Å². The highest BCUT2D eigenvalue weighted by Crippen LogP contribution is 1.93. The summed E-state index contributed by atoms with van der Waals surface area (Å²) in [6, 6.07) is 0. The molecule has 0 saturated heterocycles. The van der Waals surface area contributed by atoms with Gasteiger partial charge in [0.2, 0.25) is 0 Å². The molecule has 4 N–H and O–H groups in total. The van der Waals surface area contributed by atoms with Crippen LogP contribution in [0.5, 0.6) is 0 Å². The molecule has 0 radical (unpaired) electrons. The van der Waals surface area contributed by atoms with Gasteiger partial charge < -0.3 is 29.9 Å². The summed E-state index contributed by atoms with van der Waals surface area (Å²) in [7, 11) is 0. The summed E-state index contributed by atoms with van der Waals surface area (Å²) >= 11 is 0. The first kappa shape index (κ1) is 20.1. The van der Waals surface area contributed by atoms with Crippen molar-refractivity contribution in [3.63, 3.8) is 0 Å². The predicted octanol–water partition coefficient (Wildman–Crippen LogP) is -0.670. The number of hydrogen-bond donors (Lipinski definition) is 4. The van der Waals surface area contributed by atoms with Gasteiger partial charge in [0, 0.05) is 12.8 Å². The van der Waals surface area contributed by atoms with Gasteiger partial charge in [-0.1, -0.05) is 0 Å². The van der Waals surface area contributed by atoms with Crippen LogP contribution < -0.4 is 0 Å². The summed E-state index contributed by atoms with van der Waals surface area (Å²) in [5.41, 5.74) is 0. The minimum absolute atomic E-state index is 0.0417. The Morgan fingerprint density at radius 2 is 1.11 bits per heavy atom. The number of aliphatic hydroxyl groups excluding tert-OH is 2. The lowest BCUT2D eigenvalue weighted by molar-refractivity contribution is -0.138. The van der Waals surface area contributed by atoms with Gasteiger partial charge >= 0.3 is 11.9 Å². The van der Waals surface area contributed by atoms with Gasteiger partial charge in [0.15, 0.2) is 0 Å². The fraction of sp³-hybridized carbons (Fsp3) is 0.818. The van der Waals surface area contributed by atoms with E-state index in [-0.39, 0.29) is 32.5 Å². The van der Waals surface area contributed by atoms with Crippen molar-refractivity contribution in [2.24, 2.45) is 0 Å². The van der Waals surface area contributed by atoms with Crippen molar-refractivity contribution in [1.82, 2.24) is 0 Å². The van der Waals surface area contributed by atoms with Gasteiger partial charge in [-0.3, -0.25) is 9.59 Å². The number of hydrogen-bond acceptors (Lipinski definition) is 6. The first-order valence-corrected chi connectivity index (χ1v) is 5.85.